The smallest absolute Gasteiger partial charge is 0.380 e. The van der Waals surface area contributed by atoms with Crippen molar-refractivity contribution in [2.45, 2.75) is 24.7 Å². The highest BCUT2D eigenvalue weighted by molar-refractivity contribution is 7.12. The molecule has 14 heavy (non-hydrogen) atoms. The Balaban J connectivity index is 2.27. The Bertz CT molecular complexity index is 373. The van der Waals surface area contributed by atoms with E-state index < -0.39 is 16.8 Å². The van der Waals surface area contributed by atoms with Gasteiger partial charge in [0.25, 0.3) is 0 Å². The molecule has 0 unspecified atom stereocenters. The molecule has 1 fully saturated rings. The number of carboxylic acid groups (broad SMARTS) is 1. The van der Waals surface area contributed by atoms with Crippen molar-refractivity contribution >= 4 is 17.3 Å². The van der Waals surface area contributed by atoms with Crippen molar-refractivity contribution in [1.29, 1.82) is 0 Å². The Labute approximate surface area is 82.4 Å². The second-order valence-corrected chi connectivity index (χ2v) is 4.28. The number of thiazole rings is 1. The van der Waals surface area contributed by atoms with E-state index in [1.54, 1.807) is 0 Å². The molecule has 0 saturated heterocycles. The van der Waals surface area contributed by atoms with Crippen molar-refractivity contribution in [2.24, 2.45) is 0 Å². The molecule has 3 nitrogen and oxygen atoms in total. The van der Waals surface area contributed by atoms with E-state index in [1.807, 2.05) is 0 Å². The lowest BCUT2D eigenvalue weighted by Crippen LogP contribution is -2.23. The van der Waals surface area contributed by atoms with Crippen molar-refractivity contribution in [3.8, 4) is 0 Å². The van der Waals surface area contributed by atoms with Crippen LogP contribution in [0.1, 0.15) is 28.6 Å². The van der Waals surface area contributed by atoms with E-state index in [1.165, 1.54) is 0 Å². The Morgan fingerprint density at radius 3 is 2.79 bits per heavy atom. The molecule has 1 aromatic rings. The van der Waals surface area contributed by atoms with Gasteiger partial charge in [0.1, 0.15) is 4.88 Å². The summed E-state index contributed by atoms with van der Waals surface area (Å²) in [6.45, 7) is 0. The number of carbonyl (C=O) groups is 1. The van der Waals surface area contributed by atoms with Gasteiger partial charge in [0.05, 0.1) is 5.01 Å². The third kappa shape index (κ3) is 1.50. The van der Waals surface area contributed by atoms with Gasteiger partial charge >= 0.3 is 11.9 Å². The maximum Gasteiger partial charge on any atom is 0.380 e. The SMILES string of the molecule is O=C(O)C(F)(F)c1cnc(C2CC2)s1. The molecule has 0 atom stereocenters. The van der Waals surface area contributed by atoms with Gasteiger partial charge in [-0.2, -0.15) is 8.78 Å². The van der Waals surface area contributed by atoms with Gasteiger partial charge in [-0.05, 0) is 12.8 Å². The van der Waals surface area contributed by atoms with Gasteiger partial charge in [0, 0.05) is 12.1 Å². The van der Waals surface area contributed by atoms with Crippen LogP contribution in [0.4, 0.5) is 8.78 Å². The molecule has 1 saturated carbocycles. The predicted octanol–water partition coefficient (Wildman–Crippen LogP) is 2.20. The zero-order chi connectivity index (χ0) is 10.3. The summed E-state index contributed by atoms with van der Waals surface area (Å²) in [6, 6.07) is 0. The minimum absolute atomic E-state index is 0.276. The van der Waals surface area contributed by atoms with Crippen molar-refractivity contribution in [1.82, 2.24) is 4.98 Å². The standard InChI is InChI=1S/C8H7F2NO2S/c9-8(10,7(12)13)5-3-11-6(14-5)4-1-2-4/h3-4H,1-2H2,(H,12,13). The summed E-state index contributed by atoms with van der Waals surface area (Å²) >= 11 is 0.797. The van der Waals surface area contributed by atoms with Crippen LogP contribution < -0.4 is 0 Å². The van der Waals surface area contributed by atoms with Crippen LogP contribution in [-0.4, -0.2) is 16.1 Å². The maximum absolute atomic E-state index is 12.9. The summed E-state index contributed by atoms with van der Waals surface area (Å²) < 4.78 is 25.9. The molecule has 1 aliphatic rings. The van der Waals surface area contributed by atoms with E-state index in [9.17, 15) is 13.6 Å². The van der Waals surface area contributed by atoms with Crippen LogP contribution in [0.2, 0.25) is 0 Å². The van der Waals surface area contributed by atoms with Crippen LogP contribution in [0.25, 0.3) is 0 Å². The number of alkyl halides is 2. The lowest BCUT2D eigenvalue weighted by Gasteiger charge is -2.06. The van der Waals surface area contributed by atoms with Crippen molar-refractivity contribution in [3.63, 3.8) is 0 Å². The second-order valence-electron chi connectivity index (χ2n) is 3.22. The summed E-state index contributed by atoms with van der Waals surface area (Å²) in [5.41, 5.74) is 0. The Kier molecular flexibility index (Phi) is 2.02. The number of hydrogen-bond acceptors (Lipinski definition) is 3. The third-order valence-corrected chi connectivity index (χ3v) is 3.26. The van der Waals surface area contributed by atoms with Crippen LogP contribution >= 0.6 is 11.3 Å². The van der Waals surface area contributed by atoms with E-state index in [4.69, 9.17) is 5.11 Å². The number of carboxylic acids is 1. The fourth-order valence-corrected chi connectivity index (χ4v) is 2.11. The van der Waals surface area contributed by atoms with Crippen LogP contribution in [0.3, 0.4) is 0 Å². The molecule has 0 aliphatic heterocycles. The maximum atomic E-state index is 12.9. The molecule has 1 aromatic heterocycles. The molecule has 0 amide bonds. The van der Waals surface area contributed by atoms with E-state index in [0.717, 1.165) is 30.4 Å². The number of nitrogens with zero attached hydrogens (tertiary/aromatic N) is 1. The first-order valence-electron chi connectivity index (χ1n) is 4.09. The summed E-state index contributed by atoms with van der Waals surface area (Å²) in [7, 11) is 0. The molecule has 1 heterocycles. The highest BCUT2D eigenvalue weighted by Crippen LogP contribution is 2.44. The number of hydrogen-bond donors (Lipinski definition) is 1. The number of aliphatic carboxylic acids is 1. The summed E-state index contributed by atoms with van der Waals surface area (Å²) in [5.74, 6) is -5.65. The first kappa shape index (κ1) is 9.51. The highest BCUT2D eigenvalue weighted by Gasteiger charge is 2.43. The summed E-state index contributed by atoms with van der Waals surface area (Å²) in [4.78, 5) is 13.6. The Morgan fingerprint density at radius 2 is 2.29 bits per heavy atom. The van der Waals surface area contributed by atoms with Crippen molar-refractivity contribution < 1.29 is 18.7 Å². The molecule has 0 aromatic carbocycles. The molecule has 0 radical (unpaired) electrons. The lowest BCUT2D eigenvalue weighted by molar-refractivity contribution is -0.165. The largest absolute Gasteiger partial charge is 0.477 e. The average Bonchev–Trinajstić information content (AvgIpc) is 2.83. The molecule has 1 N–H and O–H groups in total. The summed E-state index contributed by atoms with van der Waals surface area (Å²) in [5, 5.41) is 8.91. The molecule has 6 heteroatoms. The molecular weight excluding hydrogens is 212 g/mol. The number of halogens is 2. The van der Waals surface area contributed by atoms with Gasteiger partial charge < -0.3 is 5.11 Å². The van der Waals surface area contributed by atoms with E-state index in [-0.39, 0.29) is 5.92 Å². The van der Waals surface area contributed by atoms with Gasteiger partial charge in [-0.15, -0.1) is 11.3 Å². The molecule has 2 rings (SSSR count). The van der Waals surface area contributed by atoms with Crippen LogP contribution in [-0.2, 0) is 10.7 Å². The van der Waals surface area contributed by atoms with Crippen molar-refractivity contribution in [2.75, 3.05) is 0 Å². The quantitative estimate of drug-likeness (QED) is 0.847. The van der Waals surface area contributed by atoms with Gasteiger partial charge in [-0.3, -0.25) is 0 Å². The van der Waals surface area contributed by atoms with E-state index >= 15 is 0 Å². The first-order valence-corrected chi connectivity index (χ1v) is 4.91. The Hall–Kier alpha value is -1.04. The molecular formula is C8H7F2NO2S. The second kappa shape index (κ2) is 2.98. The minimum atomic E-state index is -3.80. The molecule has 0 bridgehead atoms. The monoisotopic (exact) mass is 219 g/mol. The topological polar surface area (TPSA) is 50.2 Å². The van der Waals surface area contributed by atoms with Crippen LogP contribution in [0.5, 0.6) is 0 Å². The normalized spacial score (nSPS) is 17.0. The molecule has 1 aliphatic carbocycles. The highest BCUT2D eigenvalue weighted by atomic mass is 32.1. The van der Waals surface area contributed by atoms with Crippen molar-refractivity contribution in [3.05, 3.63) is 16.1 Å². The molecule has 0 spiro atoms. The third-order valence-electron chi connectivity index (χ3n) is 2.03. The fraction of sp³-hybridized carbons (Fsp3) is 0.500. The number of aromatic nitrogens is 1. The summed E-state index contributed by atoms with van der Waals surface area (Å²) in [6.07, 6.45) is 2.89. The minimum Gasteiger partial charge on any atom is -0.477 e. The lowest BCUT2D eigenvalue weighted by atomic mass is 10.3. The zero-order valence-corrected chi connectivity index (χ0v) is 7.85. The van der Waals surface area contributed by atoms with Gasteiger partial charge in [-0.25, -0.2) is 9.78 Å². The average molecular weight is 219 g/mol. The Morgan fingerprint density at radius 1 is 1.64 bits per heavy atom. The first-order chi connectivity index (χ1) is 6.51. The van der Waals surface area contributed by atoms with Gasteiger partial charge in [0.2, 0.25) is 0 Å². The van der Waals surface area contributed by atoms with E-state index in [2.05, 4.69) is 4.98 Å². The predicted molar refractivity (Wildman–Crippen MR) is 45.6 cm³/mol. The zero-order valence-electron chi connectivity index (χ0n) is 7.04. The number of rotatable bonds is 3. The van der Waals surface area contributed by atoms with Gasteiger partial charge in [0.15, 0.2) is 0 Å². The van der Waals surface area contributed by atoms with Gasteiger partial charge in [-0.1, -0.05) is 0 Å². The fourth-order valence-electron chi connectivity index (χ4n) is 1.06. The molecule has 76 valence electrons. The van der Waals surface area contributed by atoms with Crippen LogP contribution in [0, 0.1) is 0 Å². The van der Waals surface area contributed by atoms with E-state index in [0.29, 0.717) is 5.01 Å². The van der Waals surface area contributed by atoms with Crippen LogP contribution in [0.15, 0.2) is 6.20 Å².